The van der Waals surface area contributed by atoms with E-state index in [0.29, 0.717) is 39.1 Å². The van der Waals surface area contributed by atoms with Crippen molar-refractivity contribution >= 4 is 17.6 Å². The summed E-state index contributed by atoms with van der Waals surface area (Å²) in [4.78, 5) is 34.1. The van der Waals surface area contributed by atoms with E-state index in [1.807, 2.05) is 12.1 Å². The lowest BCUT2D eigenvalue weighted by Gasteiger charge is -2.32. The van der Waals surface area contributed by atoms with Gasteiger partial charge in [-0.1, -0.05) is 18.2 Å². The number of hydrogen-bond acceptors (Lipinski definition) is 6. The predicted molar refractivity (Wildman–Crippen MR) is 121 cm³/mol. The number of benzene rings is 1. The summed E-state index contributed by atoms with van der Waals surface area (Å²) in [6, 6.07) is 9.71. The number of alkyl halides is 2. The summed E-state index contributed by atoms with van der Waals surface area (Å²) in [5, 5.41) is 2.99. The first-order valence-corrected chi connectivity index (χ1v) is 11.4. The lowest BCUT2D eigenvalue weighted by atomic mass is 9.96. The van der Waals surface area contributed by atoms with Crippen LogP contribution < -0.4 is 15.0 Å². The monoisotopic (exact) mass is 474 g/mol. The number of carbonyl (C=O) groups is 2. The van der Waals surface area contributed by atoms with E-state index in [-0.39, 0.29) is 29.7 Å². The highest BCUT2D eigenvalue weighted by Crippen LogP contribution is 2.25. The van der Waals surface area contributed by atoms with Crippen LogP contribution in [0.1, 0.15) is 28.8 Å². The van der Waals surface area contributed by atoms with Crippen molar-refractivity contribution in [3.63, 3.8) is 0 Å². The van der Waals surface area contributed by atoms with E-state index in [1.54, 1.807) is 12.3 Å². The molecule has 10 heteroatoms. The van der Waals surface area contributed by atoms with Crippen LogP contribution in [0.5, 0.6) is 5.75 Å². The summed E-state index contributed by atoms with van der Waals surface area (Å²) in [5.41, 5.74) is 0.980. The minimum absolute atomic E-state index is 0.0642. The summed E-state index contributed by atoms with van der Waals surface area (Å²) in [7, 11) is 0. The third kappa shape index (κ3) is 5.80. The number of halogens is 2. The highest BCUT2D eigenvalue weighted by atomic mass is 19.3. The first kappa shape index (κ1) is 23.9. The molecule has 182 valence electrons. The maximum absolute atomic E-state index is 13.0. The smallest absolute Gasteiger partial charge is 0.387 e. The molecule has 34 heavy (non-hydrogen) atoms. The van der Waals surface area contributed by atoms with E-state index in [1.165, 1.54) is 23.1 Å². The zero-order valence-corrected chi connectivity index (χ0v) is 18.8. The Labute approximate surface area is 196 Å². The number of anilines is 1. The molecule has 0 aliphatic carbocycles. The Morgan fingerprint density at radius 3 is 2.74 bits per heavy atom. The van der Waals surface area contributed by atoms with Gasteiger partial charge >= 0.3 is 6.61 Å². The first-order chi connectivity index (χ1) is 16.5. The van der Waals surface area contributed by atoms with Gasteiger partial charge in [0.2, 0.25) is 5.91 Å². The number of hydrogen-bond donors (Lipinski definition) is 1. The van der Waals surface area contributed by atoms with E-state index in [2.05, 4.69) is 19.9 Å². The zero-order chi connectivity index (χ0) is 23.9. The van der Waals surface area contributed by atoms with Gasteiger partial charge in [-0.2, -0.15) is 8.78 Å². The molecule has 2 aliphatic rings. The Kier molecular flexibility index (Phi) is 7.89. The molecule has 2 aromatic rings. The highest BCUT2D eigenvalue weighted by molar-refractivity contribution is 5.97. The largest absolute Gasteiger partial charge is 0.434 e. The maximum Gasteiger partial charge on any atom is 0.387 e. The number of aromatic nitrogens is 1. The molecule has 8 nitrogen and oxygen atoms in total. The van der Waals surface area contributed by atoms with Crippen molar-refractivity contribution in [3.05, 3.63) is 53.7 Å². The summed E-state index contributed by atoms with van der Waals surface area (Å²) in [6.45, 7) is 0.743. The number of likely N-dealkylation sites (tertiary alicyclic amines) is 1. The summed E-state index contributed by atoms with van der Waals surface area (Å²) in [5.74, 6) is -0.283. The molecule has 1 unspecified atom stereocenters. The number of rotatable bonds is 7. The maximum atomic E-state index is 13.0. The van der Waals surface area contributed by atoms with Gasteiger partial charge in [-0.15, -0.1) is 0 Å². The number of nitrogens with zero attached hydrogens (tertiary/aromatic N) is 3. The van der Waals surface area contributed by atoms with Crippen LogP contribution >= 0.6 is 0 Å². The number of pyridine rings is 1. The molecule has 3 heterocycles. The molecular weight excluding hydrogens is 446 g/mol. The molecule has 0 spiro atoms. The predicted octanol–water partition coefficient (Wildman–Crippen LogP) is 2.69. The van der Waals surface area contributed by atoms with Crippen molar-refractivity contribution in [2.24, 2.45) is 5.92 Å². The van der Waals surface area contributed by atoms with Gasteiger partial charge in [-0.3, -0.25) is 9.59 Å². The van der Waals surface area contributed by atoms with Crippen LogP contribution in [0.2, 0.25) is 0 Å². The number of ether oxygens (including phenoxy) is 2. The highest BCUT2D eigenvalue weighted by Gasteiger charge is 2.30. The Bertz CT molecular complexity index is 1000. The Balaban J connectivity index is 1.38. The van der Waals surface area contributed by atoms with Gasteiger partial charge in [0.1, 0.15) is 11.6 Å². The summed E-state index contributed by atoms with van der Waals surface area (Å²) in [6.07, 6.45) is 3.03. The van der Waals surface area contributed by atoms with Gasteiger partial charge < -0.3 is 24.6 Å². The molecule has 1 atom stereocenters. The van der Waals surface area contributed by atoms with E-state index in [4.69, 9.17) is 4.74 Å². The Hall–Kier alpha value is -3.27. The Morgan fingerprint density at radius 1 is 1.15 bits per heavy atom. The second kappa shape index (κ2) is 11.2. The van der Waals surface area contributed by atoms with Gasteiger partial charge in [0.05, 0.1) is 24.7 Å². The van der Waals surface area contributed by atoms with Crippen LogP contribution in [-0.4, -0.2) is 67.7 Å². The van der Waals surface area contributed by atoms with Crippen molar-refractivity contribution in [1.82, 2.24) is 15.2 Å². The molecule has 2 saturated heterocycles. The quantitative estimate of drug-likeness (QED) is 0.665. The van der Waals surface area contributed by atoms with Crippen LogP contribution in [0, 0.1) is 5.92 Å². The molecule has 0 radical (unpaired) electrons. The lowest BCUT2D eigenvalue weighted by Crippen LogP contribution is -2.45. The average molecular weight is 475 g/mol. The van der Waals surface area contributed by atoms with E-state index in [0.717, 1.165) is 24.5 Å². The fourth-order valence-corrected chi connectivity index (χ4v) is 4.34. The Morgan fingerprint density at radius 2 is 1.94 bits per heavy atom. The first-order valence-electron chi connectivity index (χ1n) is 11.4. The van der Waals surface area contributed by atoms with Crippen LogP contribution in [-0.2, 0) is 16.1 Å². The van der Waals surface area contributed by atoms with Gasteiger partial charge in [0.25, 0.3) is 5.91 Å². The summed E-state index contributed by atoms with van der Waals surface area (Å²) >= 11 is 0. The van der Waals surface area contributed by atoms with Crippen molar-refractivity contribution in [2.45, 2.75) is 26.0 Å². The molecule has 2 fully saturated rings. The van der Waals surface area contributed by atoms with Crippen molar-refractivity contribution < 1.29 is 27.8 Å². The van der Waals surface area contributed by atoms with Crippen molar-refractivity contribution in [3.8, 4) is 5.75 Å². The number of morpholine rings is 1. The fourth-order valence-electron chi connectivity index (χ4n) is 4.34. The van der Waals surface area contributed by atoms with Gasteiger partial charge in [-0.05, 0) is 31.0 Å². The van der Waals surface area contributed by atoms with Crippen molar-refractivity contribution in [2.75, 3.05) is 44.3 Å². The second-order valence-corrected chi connectivity index (χ2v) is 8.27. The van der Waals surface area contributed by atoms with Crippen LogP contribution in [0.15, 0.2) is 42.6 Å². The van der Waals surface area contributed by atoms with Crippen LogP contribution in [0.3, 0.4) is 0 Å². The lowest BCUT2D eigenvalue weighted by molar-refractivity contribution is -0.126. The minimum atomic E-state index is -3.02. The molecule has 0 bridgehead atoms. The van der Waals surface area contributed by atoms with Gasteiger partial charge in [0, 0.05) is 44.5 Å². The third-order valence-electron chi connectivity index (χ3n) is 6.04. The number of piperidine rings is 1. The van der Waals surface area contributed by atoms with Crippen LogP contribution in [0.25, 0.3) is 0 Å². The van der Waals surface area contributed by atoms with Gasteiger partial charge in [-0.25, -0.2) is 4.98 Å². The molecule has 1 aromatic heterocycles. The molecule has 4 rings (SSSR count). The topological polar surface area (TPSA) is 84.0 Å². The van der Waals surface area contributed by atoms with E-state index in [9.17, 15) is 18.4 Å². The number of para-hydroxylation sites is 1. The normalized spacial score (nSPS) is 18.6. The molecule has 1 N–H and O–H groups in total. The van der Waals surface area contributed by atoms with Crippen LogP contribution in [0.4, 0.5) is 14.6 Å². The summed E-state index contributed by atoms with van der Waals surface area (Å²) < 4.78 is 35.4. The molecule has 0 saturated carbocycles. The minimum Gasteiger partial charge on any atom is -0.434 e. The zero-order valence-electron chi connectivity index (χ0n) is 18.8. The number of nitrogens with one attached hydrogen (secondary N) is 1. The second-order valence-electron chi connectivity index (χ2n) is 8.27. The van der Waals surface area contributed by atoms with Crippen molar-refractivity contribution in [1.29, 1.82) is 0 Å². The molecule has 2 amide bonds. The number of carbonyl (C=O) groups excluding carboxylic acids is 2. The standard InChI is InChI=1S/C24H28F2N4O4/c25-24(26)34-20-8-2-1-7-19(20)23(32)30-10-4-6-18(16-30)22(31)28-15-17-5-3-9-27-21(17)29-11-13-33-14-12-29/h1-3,5,7-9,18,24H,4,6,10-16H2,(H,28,31). The number of amides is 2. The molecular formula is C24H28F2N4O4. The fraction of sp³-hybridized carbons (Fsp3) is 0.458. The average Bonchev–Trinajstić information content (AvgIpc) is 2.87. The third-order valence-corrected chi connectivity index (χ3v) is 6.04. The molecule has 2 aliphatic heterocycles. The molecule has 1 aromatic carbocycles. The van der Waals surface area contributed by atoms with E-state index < -0.39 is 12.5 Å². The van der Waals surface area contributed by atoms with E-state index >= 15 is 0 Å². The van der Waals surface area contributed by atoms with Gasteiger partial charge in [0.15, 0.2) is 0 Å². The SMILES string of the molecule is O=C(NCc1cccnc1N1CCOCC1)C1CCCN(C(=O)c2ccccc2OC(F)F)C1.